The van der Waals surface area contributed by atoms with Crippen molar-refractivity contribution in [1.82, 2.24) is 4.90 Å². The standard InChI is InChI=1S/C25H29NO7/c1-5-6-12-7-8-16(28)19-14(12)9-13-10-15-20(26(3)4)22(30)17(11(2)27)23(31)25(15,33)24(32)18(13)21(19)29/h7-8,13,15,20,28-29,31,33H,5-6,9-10H2,1-4H3/t13-,15-,20-,25+/m0/s1. The van der Waals surface area contributed by atoms with Crippen LogP contribution in [0.15, 0.2) is 29.0 Å². The third-order valence-electron chi connectivity index (χ3n) is 7.33. The summed E-state index contributed by atoms with van der Waals surface area (Å²) in [7, 11) is 3.23. The number of phenolic OH excluding ortho intramolecular Hbond substituents is 1. The van der Waals surface area contributed by atoms with Crippen LogP contribution in [-0.2, 0) is 27.2 Å². The molecule has 4 atom stereocenters. The monoisotopic (exact) mass is 455 g/mol. The van der Waals surface area contributed by atoms with Crippen molar-refractivity contribution in [3.63, 3.8) is 0 Å². The first kappa shape index (κ1) is 23.2. The summed E-state index contributed by atoms with van der Waals surface area (Å²) >= 11 is 0. The molecule has 33 heavy (non-hydrogen) atoms. The van der Waals surface area contributed by atoms with Crippen LogP contribution in [0.1, 0.15) is 43.4 Å². The highest BCUT2D eigenvalue weighted by Crippen LogP contribution is 2.53. The lowest BCUT2D eigenvalue weighted by Gasteiger charge is -2.50. The lowest BCUT2D eigenvalue weighted by molar-refractivity contribution is -0.153. The van der Waals surface area contributed by atoms with Crippen molar-refractivity contribution >= 4 is 23.1 Å². The number of nitrogens with zero attached hydrogens (tertiary/aromatic N) is 1. The molecule has 1 fully saturated rings. The topological polar surface area (TPSA) is 135 Å². The Morgan fingerprint density at radius 1 is 1.18 bits per heavy atom. The highest BCUT2D eigenvalue weighted by atomic mass is 16.3. The molecular formula is C25H29NO7. The summed E-state index contributed by atoms with van der Waals surface area (Å²) in [6, 6.07) is 2.27. The second kappa shape index (κ2) is 7.81. The predicted molar refractivity (Wildman–Crippen MR) is 120 cm³/mol. The number of fused-ring (bicyclic) bond motifs is 3. The molecule has 3 aliphatic rings. The first-order valence-corrected chi connectivity index (χ1v) is 11.2. The number of hydrogen-bond donors (Lipinski definition) is 4. The summed E-state index contributed by atoms with van der Waals surface area (Å²) in [6.07, 6.45) is 2.05. The largest absolute Gasteiger partial charge is 0.508 e. The van der Waals surface area contributed by atoms with Crippen LogP contribution >= 0.6 is 0 Å². The zero-order valence-corrected chi connectivity index (χ0v) is 19.2. The Labute approximate surface area is 191 Å². The van der Waals surface area contributed by atoms with E-state index in [0.29, 0.717) is 6.42 Å². The molecule has 4 N–H and O–H groups in total. The fraction of sp³-hybridized carbons (Fsp3) is 0.480. The Morgan fingerprint density at radius 2 is 1.85 bits per heavy atom. The third kappa shape index (κ3) is 3.08. The summed E-state index contributed by atoms with van der Waals surface area (Å²) in [5, 5.41) is 44.1. The molecule has 3 aliphatic carbocycles. The minimum absolute atomic E-state index is 0.0912. The molecule has 0 aliphatic heterocycles. The third-order valence-corrected chi connectivity index (χ3v) is 7.33. The van der Waals surface area contributed by atoms with Gasteiger partial charge in [0, 0.05) is 11.5 Å². The zero-order valence-electron chi connectivity index (χ0n) is 19.2. The van der Waals surface area contributed by atoms with Gasteiger partial charge < -0.3 is 20.4 Å². The highest BCUT2D eigenvalue weighted by molar-refractivity contribution is 6.25. The van der Waals surface area contributed by atoms with E-state index >= 15 is 0 Å². The molecule has 0 spiro atoms. The van der Waals surface area contributed by atoms with Gasteiger partial charge in [0.1, 0.15) is 22.8 Å². The van der Waals surface area contributed by atoms with Crippen LogP contribution in [0.4, 0.5) is 0 Å². The number of aromatic hydroxyl groups is 1. The van der Waals surface area contributed by atoms with Crippen molar-refractivity contribution in [3.8, 4) is 5.75 Å². The number of hydrogen-bond acceptors (Lipinski definition) is 8. The number of aryl methyl sites for hydroxylation is 1. The highest BCUT2D eigenvalue weighted by Gasteiger charge is 2.63. The van der Waals surface area contributed by atoms with Gasteiger partial charge in [0.25, 0.3) is 0 Å². The number of phenols is 1. The number of ketones is 3. The Bertz CT molecular complexity index is 1150. The summed E-state index contributed by atoms with van der Waals surface area (Å²) in [4.78, 5) is 40.6. The van der Waals surface area contributed by atoms with Gasteiger partial charge in [-0.15, -0.1) is 0 Å². The van der Waals surface area contributed by atoms with Gasteiger partial charge in [0.05, 0.1) is 11.6 Å². The average molecular weight is 456 g/mol. The van der Waals surface area contributed by atoms with E-state index in [1.807, 2.05) is 6.92 Å². The molecule has 0 radical (unpaired) electrons. The second-order valence-corrected chi connectivity index (χ2v) is 9.50. The molecule has 8 heteroatoms. The molecular weight excluding hydrogens is 426 g/mol. The second-order valence-electron chi connectivity index (χ2n) is 9.50. The fourth-order valence-corrected chi connectivity index (χ4v) is 5.91. The number of carbonyl (C=O) groups is 3. The van der Waals surface area contributed by atoms with Gasteiger partial charge in [0.2, 0.25) is 5.78 Å². The molecule has 1 aromatic carbocycles. The maximum absolute atomic E-state index is 13.7. The van der Waals surface area contributed by atoms with Crippen LogP contribution in [0.2, 0.25) is 0 Å². The Balaban J connectivity index is 1.97. The molecule has 0 heterocycles. The minimum Gasteiger partial charge on any atom is -0.508 e. The number of aliphatic hydroxyl groups is 3. The van der Waals surface area contributed by atoms with Crippen molar-refractivity contribution in [3.05, 3.63) is 45.7 Å². The van der Waals surface area contributed by atoms with E-state index < -0.39 is 57.9 Å². The summed E-state index contributed by atoms with van der Waals surface area (Å²) in [5.74, 6) is -5.41. The normalized spacial score (nSPS) is 29.2. The van der Waals surface area contributed by atoms with E-state index in [0.717, 1.165) is 30.9 Å². The van der Waals surface area contributed by atoms with Crippen LogP contribution in [0, 0.1) is 11.8 Å². The first-order chi connectivity index (χ1) is 15.5. The van der Waals surface area contributed by atoms with Gasteiger partial charge in [-0.05, 0) is 63.4 Å². The SMILES string of the molecule is CCCc1ccc(O)c2c1C[C@H]1C[C@H]3[C@H](N(C)C)C(=O)C(C(C)=O)=C(O)[C@@]3(O)C(=O)C1=C2O. The molecule has 0 aromatic heterocycles. The molecule has 1 saturated carbocycles. The number of Topliss-reactive ketones (excluding diaryl/α,β-unsaturated/α-hetero) is 3. The van der Waals surface area contributed by atoms with E-state index in [2.05, 4.69) is 0 Å². The van der Waals surface area contributed by atoms with Crippen LogP contribution in [0.25, 0.3) is 5.76 Å². The van der Waals surface area contributed by atoms with Crippen LogP contribution in [0.5, 0.6) is 5.75 Å². The van der Waals surface area contributed by atoms with E-state index in [1.54, 1.807) is 25.1 Å². The predicted octanol–water partition coefficient (Wildman–Crippen LogP) is 2.02. The van der Waals surface area contributed by atoms with Crippen molar-refractivity contribution in [2.24, 2.45) is 11.8 Å². The maximum atomic E-state index is 13.7. The van der Waals surface area contributed by atoms with Gasteiger partial charge in [-0.3, -0.25) is 19.3 Å². The molecule has 4 rings (SSSR count). The smallest absolute Gasteiger partial charge is 0.202 e. The van der Waals surface area contributed by atoms with E-state index in [-0.39, 0.29) is 23.3 Å². The molecule has 0 unspecified atom stereocenters. The quantitative estimate of drug-likeness (QED) is 0.507. The Hall–Kier alpha value is -2.97. The molecule has 176 valence electrons. The lowest BCUT2D eigenvalue weighted by Crippen LogP contribution is -2.65. The molecule has 0 saturated heterocycles. The fourth-order valence-electron chi connectivity index (χ4n) is 5.91. The average Bonchev–Trinajstić information content (AvgIpc) is 2.72. The molecule has 0 amide bonds. The van der Waals surface area contributed by atoms with E-state index in [1.165, 1.54) is 6.07 Å². The number of carbonyl (C=O) groups excluding carboxylic acids is 3. The van der Waals surface area contributed by atoms with Crippen LogP contribution < -0.4 is 0 Å². The number of rotatable bonds is 4. The van der Waals surface area contributed by atoms with Gasteiger partial charge in [0.15, 0.2) is 17.2 Å². The molecule has 8 nitrogen and oxygen atoms in total. The van der Waals surface area contributed by atoms with Crippen molar-refractivity contribution < 1.29 is 34.8 Å². The summed E-state index contributed by atoms with van der Waals surface area (Å²) in [6.45, 7) is 3.11. The number of likely N-dealkylation sites (N-methyl/N-ethyl adjacent to an activating group) is 1. The molecule has 0 bridgehead atoms. The van der Waals surface area contributed by atoms with Gasteiger partial charge in [-0.1, -0.05) is 19.4 Å². The first-order valence-electron chi connectivity index (χ1n) is 11.2. The Morgan fingerprint density at radius 3 is 2.42 bits per heavy atom. The zero-order chi connectivity index (χ0) is 24.4. The molecule has 1 aromatic rings. The lowest BCUT2D eigenvalue weighted by atomic mass is 9.57. The minimum atomic E-state index is -2.53. The maximum Gasteiger partial charge on any atom is 0.202 e. The van der Waals surface area contributed by atoms with Gasteiger partial charge in [-0.25, -0.2) is 0 Å². The van der Waals surface area contributed by atoms with Crippen LogP contribution in [0.3, 0.4) is 0 Å². The summed E-state index contributed by atoms with van der Waals surface area (Å²) in [5.41, 5.74) is -1.36. The number of aliphatic hydroxyl groups excluding tert-OH is 2. The van der Waals surface area contributed by atoms with Gasteiger partial charge in [-0.2, -0.15) is 0 Å². The van der Waals surface area contributed by atoms with Crippen molar-refractivity contribution in [2.75, 3.05) is 14.1 Å². The van der Waals surface area contributed by atoms with Gasteiger partial charge >= 0.3 is 0 Å². The van der Waals surface area contributed by atoms with E-state index in [4.69, 9.17) is 0 Å². The van der Waals surface area contributed by atoms with Crippen LogP contribution in [-0.4, -0.2) is 68.4 Å². The number of benzene rings is 1. The van der Waals surface area contributed by atoms with Crippen molar-refractivity contribution in [1.29, 1.82) is 0 Å². The van der Waals surface area contributed by atoms with Crippen molar-refractivity contribution in [2.45, 2.75) is 51.2 Å². The van der Waals surface area contributed by atoms with E-state index in [9.17, 15) is 34.8 Å². The Kier molecular flexibility index (Phi) is 5.49. The summed E-state index contributed by atoms with van der Waals surface area (Å²) < 4.78 is 0.